The lowest BCUT2D eigenvalue weighted by Crippen LogP contribution is -2.35. The largest absolute Gasteiger partial charge is 0.411 e. The first kappa shape index (κ1) is 9.63. The molecule has 0 aromatic carbocycles. The third-order valence-corrected chi connectivity index (χ3v) is 3.80. The molecule has 2 aliphatic carbocycles. The highest BCUT2D eigenvalue weighted by atomic mass is 16.4. The first-order valence-electron chi connectivity index (χ1n) is 5.77. The molecule has 84 valence electrons. The van der Waals surface area contributed by atoms with Gasteiger partial charge in [0, 0.05) is 24.0 Å². The maximum atomic E-state index is 9.07. The molecule has 0 spiro atoms. The summed E-state index contributed by atoms with van der Waals surface area (Å²) in [5.74, 6) is 1.12. The molecule has 3 rings (SSSR count). The van der Waals surface area contributed by atoms with Crippen LogP contribution in [-0.2, 0) is 0 Å². The SMILES string of the molecule is O/N=C1/[C@H]2CC[C@H](C2)[C@@H]1Nc1ccncc1. The Balaban J connectivity index is 1.80. The molecular formula is C12H15N3O. The topological polar surface area (TPSA) is 57.5 Å². The van der Waals surface area contributed by atoms with Crippen LogP contribution in [0.2, 0.25) is 0 Å². The van der Waals surface area contributed by atoms with Crippen LogP contribution >= 0.6 is 0 Å². The van der Waals surface area contributed by atoms with Crippen LogP contribution in [0.15, 0.2) is 29.7 Å². The van der Waals surface area contributed by atoms with Crippen molar-refractivity contribution in [2.24, 2.45) is 17.0 Å². The lowest BCUT2D eigenvalue weighted by Gasteiger charge is -2.24. The molecule has 2 N–H and O–H groups in total. The minimum absolute atomic E-state index is 0.214. The zero-order valence-electron chi connectivity index (χ0n) is 9.00. The minimum atomic E-state index is 0.214. The summed E-state index contributed by atoms with van der Waals surface area (Å²) in [6.45, 7) is 0. The Morgan fingerprint density at radius 3 is 2.88 bits per heavy atom. The van der Waals surface area contributed by atoms with Gasteiger partial charge in [0.2, 0.25) is 0 Å². The van der Waals surface area contributed by atoms with E-state index in [1.807, 2.05) is 12.1 Å². The number of oxime groups is 1. The van der Waals surface area contributed by atoms with E-state index in [2.05, 4.69) is 15.5 Å². The molecule has 0 radical (unpaired) electrons. The molecule has 2 fully saturated rings. The highest BCUT2D eigenvalue weighted by molar-refractivity contribution is 5.96. The van der Waals surface area contributed by atoms with Gasteiger partial charge in [0.05, 0.1) is 11.8 Å². The molecule has 4 nitrogen and oxygen atoms in total. The fourth-order valence-electron chi connectivity index (χ4n) is 3.05. The third-order valence-electron chi connectivity index (χ3n) is 3.80. The van der Waals surface area contributed by atoms with Gasteiger partial charge in [-0.05, 0) is 37.3 Å². The van der Waals surface area contributed by atoms with Crippen LogP contribution in [0.5, 0.6) is 0 Å². The van der Waals surface area contributed by atoms with Crippen LogP contribution in [0, 0.1) is 11.8 Å². The van der Waals surface area contributed by atoms with Crippen molar-refractivity contribution in [3.05, 3.63) is 24.5 Å². The van der Waals surface area contributed by atoms with Gasteiger partial charge < -0.3 is 10.5 Å². The molecule has 1 aromatic heterocycles. The van der Waals surface area contributed by atoms with Gasteiger partial charge >= 0.3 is 0 Å². The molecule has 0 aliphatic heterocycles. The number of rotatable bonds is 2. The second kappa shape index (κ2) is 3.77. The molecule has 2 saturated carbocycles. The van der Waals surface area contributed by atoms with Crippen LogP contribution in [0.4, 0.5) is 5.69 Å². The number of aromatic nitrogens is 1. The fraction of sp³-hybridized carbons (Fsp3) is 0.500. The highest BCUT2D eigenvalue weighted by Crippen LogP contribution is 2.43. The van der Waals surface area contributed by atoms with Crippen LogP contribution in [0.3, 0.4) is 0 Å². The van der Waals surface area contributed by atoms with Crippen molar-refractivity contribution < 1.29 is 5.21 Å². The Kier molecular flexibility index (Phi) is 2.27. The molecule has 3 atom stereocenters. The molecule has 1 heterocycles. The second-order valence-electron chi connectivity index (χ2n) is 4.65. The quantitative estimate of drug-likeness (QED) is 0.589. The summed E-state index contributed by atoms with van der Waals surface area (Å²) in [7, 11) is 0. The minimum Gasteiger partial charge on any atom is -0.411 e. The summed E-state index contributed by atoms with van der Waals surface area (Å²) in [6, 6.07) is 4.10. The maximum absolute atomic E-state index is 9.07. The number of hydrogen-bond acceptors (Lipinski definition) is 4. The standard InChI is InChI=1S/C12H15N3O/c16-15-12-9-2-1-8(7-9)11(12)14-10-3-5-13-6-4-10/h3-6,8-9,11,16H,1-2,7H2,(H,13,14)/b15-12-/t8-,9+,11+/m1/s1. The van der Waals surface area contributed by atoms with Crippen LogP contribution < -0.4 is 5.32 Å². The predicted molar refractivity (Wildman–Crippen MR) is 61.7 cm³/mol. The van der Waals surface area contributed by atoms with Crippen LogP contribution in [0.1, 0.15) is 19.3 Å². The van der Waals surface area contributed by atoms with E-state index in [0.717, 1.165) is 11.4 Å². The molecule has 1 aromatic rings. The van der Waals surface area contributed by atoms with E-state index in [9.17, 15) is 0 Å². The van der Waals surface area contributed by atoms with E-state index >= 15 is 0 Å². The van der Waals surface area contributed by atoms with Crippen molar-refractivity contribution in [1.82, 2.24) is 4.98 Å². The molecule has 0 amide bonds. The average Bonchev–Trinajstić information content (AvgIpc) is 2.91. The molecular weight excluding hydrogens is 202 g/mol. The number of anilines is 1. The van der Waals surface area contributed by atoms with E-state index in [-0.39, 0.29) is 6.04 Å². The van der Waals surface area contributed by atoms with Gasteiger partial charge in [-0.3, -0.25) is 4.98 Å². The highest BCUT2D eigenvalue weighted by Gasteiger charge is 2.45. The second-order valence-corrected chi connectivity index (χ2v) is 4.65. The normalized spacial score (nSPS) is 34.5. The van der Waals surface area contributed by atoms with E-state index in [4.69, 9.17) is 5.21 Å². The van der Waals surface area contributed by atoms with Crippen molar-refractivity contribution >= 4 is 11.4 Å². The van der Waals surface area contributed by atoms with Gasteiger partial charge in [0.1, 0.15) is 0 Å². The first-order chi connectivity index (χ1) is 7.88. The Morgan fingerprint density at radius 1 is 1.31 bits per heavy atom. The van der Waals surface area contributed by atoms with Crippen molar-refractivity contribution in [3.8, 4) is 0 Å². The molecule has 2 aliphatic rings. The van der Waals surface area contributed by atoms with E-state index in [1.165, 1.54) is 19.3 Å². The number of nitrogens with one attached hydrogen (secondary N) is 1. The summed E-state index contributed by atoms with van der Waals surface area (Å²) in [6.07, 6.45) is 7.13. The van der Waals surface area contributed by atoms with E-state index < -0.39 is 0 Å². The monoisotopic (exact) mass is 217 g/mol. The Morgan fingerprint density at radius 2 is 2.12 bits per heavy atom. The summed E-state index contributed by atoms with van der Waals surface area (Å²) in [5, 5.41) is 16.0. The van der Waals surface area contributed by atoms with Gasteiger partial charge in [-0.2, -0.15) is 0 Å². The Bertz CT molecular complexity index is 404. The van der Waals surface area contributed by atoms with Gasteiger partial charge in [-0.1, -0.05) is 5.16 Å². The van der Waals surface area contributed by atoms with Gasteiger partial charge in [0.25, 0.3) is 0 Å². The van der Waals surface area contributed by atoms with Gasteiger partial charge in [0.15, 0.2) is 0 Å². The number of hydrogen-bond donors (Lipinski definition) is 2. The number of nitrogens with zero attached hydrogens (tertiary/aromatic N) is 2. The van der Waals surface area contributed by atoms with Gasteiger partial charge in [-0.15, -0.1) is 0 Å². The maximum Gasteiger partial charge on any atom is 0.0826 e. The molecule has 16 heavy (non-hydrogen) atoms. The van der Waals surface area contributed by atoms with Crippen molar-refractivity contribution in [2.45, 2.75) is 25.3 Å². The van der Waals surface area contributed by atoms with Crippen molar-refractivity contribution in [3.63, 3.8) is 0 Å². The number of fused-ring (bicyclic) bond motifs is 2. The summed E-state index contributed by atoms with van der Waals surface area (Å²) in [4.78, 5) is 3.99. The summed E-state index contributed by atoms with van der Waals surface area (Å²) < 4.78 is 0. The zero-order chi connectivity index (χ0) is 11.0. The summed E-state index contributed by atoms with van der Waals surface area (Å²) >= 11 is 0. The zero-order valence-corrected chi connectivity index (χ0v) is 9.00. The lowest BCUT2D eigenvalue weighted by atomic mass is 9.93. The fourth-order valence-corrected chi connectivity index (χ4v) is 3.05. The molecule has 2 bridgehead atoms. The summed E-state index contributed by atoms with van der Waals surface area (Å²) in [5.41, 5.74) is 1.99. The van der Waals surface area contributed by atoms with Crippen molar-refractivity contribution in [2.75, 3.05) is 5.32 Å². The molecule has 4 heteroatoms. The Hall–Kier alpha value is -1.58. The smallest absolute Gasteiger partial charge is 0.0826 e. The van der Waals surface area contributed by atoms with Crippen LogP contribution in [-0.4, -0.2) is 21.9 Å². The van der Waals surface area contributed by atoms with E-state index in [1.54, 1.807) is 12.4 Å². The molecule has 0 unspecified atom stereocenters. The first-order valence-corrected chi connectivity index (χ1v) is 5.77. The Labute approximate surface area is 94.4 Å². The lowest BCUT2D eigenvalue weighted by molar-refractivity contribution is 0.312. The van der Waals surface area contributed by atoms with Crippen LogP contribution in [0.25, 0.3) is 0 Å². The molecule has 0 saturated heterocycles. The predicted octanol–water partition coefficient (Wildman–Crippen LogP) is 2.12. The van der Waals surface area contributed by atoms with Gasteiger partial charge in [-0.25, -0.2) is 0 Å². The van der Waals surface area contributed by atoms with E-state index in [0.29, 0.717) is 11.8 Å². The number of pyridine rings is 1. The van der Waals surface area contributed by atoms with Crippen molar-refractivity contribution in [1.29, 1.82) is 0 Å². The third kappa shape index (κ3) is 1.45. The average molecular weight is 217 g/mol.